The van der Waals surface area contributed by atoms with E-state index in [0.717, 1.165) is 18.5 Å². The van der Waals surface area contributed by atoms with Crippen molar-refractivity contribution in [1.29, 1.82) is 0 Å². The molecule has 0 saturated heterocycles. The Bertz CT molecular complexity index is 849. The Morgan fingerprint density at radius 3 is 2.50 bits per heavy atom. The van der Waals surface area contributed by atoms with Gasteiger partial charge in [-0.1, -0.05) is 30.3 Å². The molecule has 0 radical (unpaired) electrons. The number of halogens is 2. The molecule has 134 valence electrons. The second-order valence-electron chi connectivity index (χ2n) is 5.62. The van der Waals surface area contributed by atoms with Gasteiger partial charge in [-0.05, 0) is 42.7 Å². The summed E-state index contributed by atoms with van der Waals surface area (Å²) in [5, 5.41) is 9.63. The third-order valence-electron chi connectivity index (χ3n) is 3.74. The molecule has 5 nitrogen and oxygen atoms in total. The highest BCUT2D eigenvalue weighted by Crippen LogP contribution is 2.16. The van der Waals surface area contributed by atoms with Gasteiger partial charge in [0, 0.05) is 17.3 Å². The van der Waals surface area contributed by atoms with E-state index >= 15 is 0 Å². The fourth-order valence-electron chi connectivity index (χ4n) is 2.45. The first-order valence-corrected chi connectivity index (χ1v) is 8.04. The van der Waals surface area contributed by atoms with Crippen molar-refractivity contribution in [3.05, 3.63) is 77.5 Å². The molecule has 0 saturated carbocycles. The van der Waals surface area contributed by atoms with Gasteiger partial charge in [0.05, 0.1) is 0 Å². The highest BCUT2D eigenvalue weighted by atomic mass is 19.3. The van der Waals surface area contributed by atoms with E-state index in [4.69, 9.17) is 0 Å². The number of nitrogens with zero attached hydrogens (tertiary/aromatic N) is 1. The molecule has 0 bridgehead atoms. The molecule has 26 heavy (non-hydrogen) atoms. The molecule has 3 aromatic rings. The van der Waals surface area contributed by atoms with E-state index in [0.29, 0.717) is 11.4 Å². The number of anilines is 1. The van der Waals surface area contributed by atoms with Crippen LogP contribution >= 0.6 is 0 Å². The number of benzene rings is 2. The molecule has 7 heteroatoms. The van der Waals surface area contributed by atoms with E-state index in [-0.39, 0.29) is 11.7 Å². The number of carbonyl (C=O) groups excluding carboxylic acids is 1. The summed E-state index contributed by atoms with van der Waals surface area (Å²) in [6.07, 6.45) is 1.63. The summed E-state index contributed by atoms with van der Waals surface area (Å²) in [6.45, 7) is -2.90. The lowest BCUT2D eigenvalue weighted by Gasteiger charge is -2.05. The quantitative estimate of drug-likeness (QED) is 0.670. The zero-order valence-electron chi connectivity index (χ0n) is 13.8. The van der Waals surface area contributed by atoms with Gasteiger partial charge in [0.1, 0.15) is 5.75 Å². The number of alkyl halides is 2. The lowest BCUT2D eigenvalue weighted by Crippen LogP contribution is -2.12. The van der Waals surface area contributed by atoms with Crippen molar-refractivity contribution in [2.24, 2.45) is 0 Å². The van der Waals surface area contributed by atoms with Gasteiger partial charge < -0.3 is 10.1 Å². The Morgan fingerprint density at radius 1 is 1.08 bits per heavy atom. The van der Waals surface area contributed by atoms with Gasteiger partial charge in [0.25, 0.3) is 5.91 Å². The van der Waals surface area contributed by atoms with Crippen molar-refractivity contribution >= 4 is 11.7 Å². The number of amides is 1. The maximum atomic E-state index is 12.2. The minimum Gasteiger partial charge on any atom is -0.435 e. The Kier molecular flexibility index (Phi) is 5.58. The zero-order valence-corrected chi connectivity index (χ0v) is 13.8. The van der Waals surface area contributed by atoms with Crippen LogP contribution in [0.15, 0.2) is 60.7 Å². The van der Waals surface area contributed by atoms with Crippen molar-refractivity contribution < 1.29 is 18.3 Å². The minimum absolute atomic E-state index is 0.000447. The summed E-state index contributed by atoms with van der Waals surface area (Å²) in [5.41, 5.74) is 2.45. The number of carbonyl (C=O) groups is 1. The summed E-state index contributed by atoms with van der Waals surface area (Å²) in [4.78, 5) is 12.2. The first kappa shape index (κ1) is 17.6. The Hall–Kier alpha value is -3.22. The van der Waals surface area contributed by atoms with E-state index in [1.54, 1.807) is 6.07 Å². The second kappa shape index (κ2) is 8.24. The Labute approximate surface area is 149 Å². The summed E-state index contributed by atoms with van der Waals surface area (Å²) in [5.74, 6) is 0.0280. The predicted molar refractivity (Wildman–Crippen MR) is 93.5 cm³/mol. The molecule has 0 aliphatic rings. The molecule has 1 amide bonds. The van der Waals surface area contributed by atoms with Gasteiger partial charge in [-0.3, -0.25) is 9.89 Å². The maximum Gasteiger partial charge on any atom is 0.387 e. The van der Waals surface area contributed by atoms with Crippen molar-refractivity contribution in [1.82, 2.24) is 10.2 Å². The molecule has 1 aromatic heterocycles. The molecule has 0 aliphatic carbocycles. The van der Waals surface area contributed by atoms with Crippen LogP contribution < -0.4 is 10.1 Å². The SMILES string of the molecule is O=C(Nc1cc(CCc2ccccc2)[nH]n1)c1ccc(OC(F)F)cc1. The summed E-state index contributed by atoms with van der Waals surface area (Å²) >= 11 is 0. The molecule has 0 atom stereocenters. The van der Waals surface area contributed by atoms with Crippen molar-refractivity contribution in [2.75, 3.05) is 5.32 Å². The summed E-state index contributed by atoms with van der Waals surface area (Å²) < 4.78 is 28.5. The normalized spacial score (nSPS) is 10.7. The van der Waals surface area contributed by atoms with Gasteiger partial charge in [-0.2, -0.15) is 13.9 Å². The molecule has 2 N–H and O–H groups in total. The molecule has 1 heterocycles. The lowest BCUT2D eigenvalue weighted by molar-refractivity contribution is -0.0498. The van der Waals surface area contributed by atoms with Crippen LogP contribution in [0.25, 0.3) is 0 Å². The molecule has 2 aromatic carbocycles. The standard InChI is InChI=1S/C19H17F2N3O2/c20-19(21)26-16-10-7-14(8-11-16)18(25)22-17-12-15(23-24-17)9-6-13-4-2-1-3-5-13/h1-5,7-8,10-12,19H,6,9H2,(H2,22,23,24,25). The number of aryl methyl sites for hydroxylation is 2. The van der Waals surface area contributed by atoms with Gasteiger partial charge in [-0.15, -0.1) is 0 Å². The summed E-state index contributed by atoms with van der Waals surface area (Å²) in [6, 6.07) is 17.3. The van der Waals surface area contributed by atoms with E-state index < -0.39 is 6.61 Å². The van der Waals surface area contributed by atoms with Crippen LogP contribution in [0.4, 0.5) is 14.6 Å². The van der Waals surface area contributed by atoms with Gasteiger partial charge in [0.2, 0.25) is 0 Å². The molecule has 0 fully saturated rings. The number of hydrogen-bond acceptors (Lipinski definition) is 3. The van der Waals surface area contributed by atoms with Crippen LogP contribution in [0.1, 0.15) is 21.6 Å². The number of ether oxygens (including phenoxy) is 1. The minimum atomic E-state index is -2.90. The topological polar surface area (TPSA) is 67.0 Å². The van der Waals surface area contributed by atoms with Crippen LogP contribution in [0, 0.1) is 0 Å². The average Bonchev–Trinajstić information content (AvgIpc) is 3.08. The summed E-state index contributed by atoms with van der Waals surface area (Å²) in [7, 11) is 0. The van der Waals surface area contributed by atoms with E-state index in [9.17, 15) is 13.6 Å². The highest BCUT2D eigenvalue weighted by molar-refractivity contribution is 6.03. The number of rotatable bonds is 7. The van der Waals surface area contributed by atoms with Crippen LogP contribution in [-0.2, 0) is 12.8 Å². The van der Waals surface area contributed by atoms with Crippen LogP contribution in [0.2, 0.25) is 0 Å². The predicted octanol–water partition coefficient (Wildman–Crippen LogP) is 4.05. The lowest BCUT2D eigenvalue weighted by atomic mass is 10.1. The molecule has 3 rings (SSSR count). The van der Waals surface area contributed by atoms with E-state index in [1.807, 2.05) is 18.2 Å². The van der Waals surface area contributed by atoms with E-state index in [2.05, 4.69) is 32.4 Å². The number of aromatic amines is 1. The highest BCUT2D eigenvalue weighted by Gasteiger charge is 2.10. The average molecular weight is 357 g/mol. The number of hydrogen-bond donors (Lipinski definition) is 2. The molecule has 0 unspecified atom stereocenters. The van der Waals surface area contributed by atoms with Crippen molar-refractivity contribution in [3.8, 4) is 5.75 Å². The molecule has 0 spiro atoms. The van der Waals surface area contributed by atoms with Gasteiger partial charge in [0.15, 0.2) is 5.82 Å². The Morgan fingerprint density at radius 2 is 1.81 bits per heavy atom. The zero-order chi connectivity index (χ0) is 18.4. The maximum absolute atomic E-state index is 12.2. The van der Waals surface area contributed by atoms with Crippen LogP contribution in [-0.4, -0.2) is 22.7 Å². The smallest absolute Gasteiger partial charge is 0.387 e. The second-order valence-corrected chi connectivity index (χ2v) is 5.62. The van der Waals surface area contributed by atoms with Crippen molar-refractivity contribution in [2.45, 2.75) is 19.5 Å². The Balaban J connectivity index is 1.55. The fraction of sp³-hybridized carbons (Fsp3) is 0.158. The van der Waals surface area contributed by atoms with Gasteiger partial charge in [-0.25, -0.2) is 0 Å². The molecule has 0 aliphatic heterocycles. The van der Waals surface area contributed by atoms with E-state index in [1.165, 1.54) is 29.8 Å². The fourth-order valence-corrected chi connectivity index (χ4v) is 2.45. The first-order valence-electron chi connectivity index (χ1n) is 8.04. The van der Waals surface area contributed by atoms with Gasteiger partial charge >= 0.3 is 6.61 Å². The van der Waals surface area contributed by atoms with Crippen LogP contribution in [0.5, 0.6) is 5.75 Å². The molecular formula is C19H17F2N3O2. The van der Waals surface area contributed by atoms with Crippen molar-refractivity contribution in [3.63, 3.8) is 0 Å². The number of nitrogens with one attached hydrogen (secondary N) is 2. The third kappa shape index (κ3) is 4.89. The largest absolute Gasteiger partial charge is 0.435 e. The monoisotopic (exact) mass is 357 g/mol. The van der Waals surface area contributed by atoms with Crippen LogP contribution in [0.3, 0.4) is 0 Å². The molecular weight excluding hydrogens is 340 g/mol. The third-order valence-corrected chi connectivity index (χ3v) is 3.74. The number of H-pyrrole nitrogens is 1. The first-order chi connectivity index (χ1) is 12.6. The number of aromatic nitrogens is 2.